The molecule has 0 aliphatic heterocycles. The highest BCUT2D eigenvalue weighted by Gasteiger charge is 2.62. The van der Waals surface area contributed by atoms with Gasteiger partial charge in [-0.15, -0.1) is 0 Å². The van der Waals surface area contributed by atoms with Crippen LogP contribution in [0.5, 0.6) is 5.75 Å². The molecular weight excluding hydrogens is 275 g/mol. The lowest BCUT2D eigenvalue weighted by Crippen LogP contribution is -2.61. The van der Waals surface area contributed by atoms with Gasteiger partial charge in [-0.25, -0.2) is 4.39 Å². The summed E-state index contributed by atoms with van der Waals surface area (Å²) < 4.78 is 23.8. The molecule has 1 saturated carbocycles. The van der Waals surface area contributed by atoms with Crippen molar-refractivity contribution in [3.8, 4) is 5.75 Å². The fourth-order valence-electron chi connectivity index (χ4n) is 3.10. The van der Waals surface area contributed by atoms with Crippen molar-refractivity contribution in [2.75, 3.05) is 14.2 Å². The average Bonchev–Trinajstić information content (AvgIpc) is 2.42. The van der Waals surface area contributed by atoms with Crippen LogP contribution in [0.25, 0.3) is 0 Å². The standard InChI is InChI=1S/C16H21FO4/c1-10(2)16(19)8-15(9-16,14(18)21-4)12-7-11(17)5-6-13(12)20-3/h5-7,10,19H,8-9H2,1-4H3. The van der Waals surface area contributed by atoms with Crippen LogP contribution in [0.2, 0.25) is 0 Å². The molecule has 0 aromatic heterocycles. The van der Waals surface area contributed by atoms with Crippen LogP contribution in [0, 0.1) is 11.7 Å². The van der Waals surface area contributed by atoms with Crippen LogP contribution in [0.4, 0.5) is 4.39 Å². The average molecular weight is 296 g/mol. The zero-order valence-electron chi connectivity index (χ0n) is 12.8. The maximum atomic E-state index is 13.6. The number of hydrogen-bond acceptors (Lipinski definition) is 4. The fraction of sp³-hybridized carbons (Fsp3) is 0.562. The molecule has 1 aliphatic carbocycles. The van der Waals surface area contributed by atoms with Crippen molar-refractivity contribution >= 4 is 5.97 Å². The van der Waals surface area contributed by atoms with E-state index in [4.69, 9.17) is 9.47 Å². The zero-order chi connectivity index (χ0) is 15.8. The molecule has 1 N–H and O–H groups in total. The van der Waals surface area contributed by atoms with Crippen molar-refractivity contribution < 1.29 is 23.8 Å². The molecule has 0 bridgehead atoms. The van der Waals surface area contributed by atoms with Gasteiger partial charge in [0.15, 0.2) is 0 Å². The Bertz CT molecular complexity index is 547. The number of hydrogen-bond donors (Lipinski definition) is 1. The molecule has 0 amide bonds. The first-order valence-corrected chi connectivity index (χ1v) is 6.94. The SMILES string of the molecule is COC(=O)C1(c2cc(F)ccc2OC)CC(O)(C(C)C)C1. The summed E-state index contributed by atoms with van der Waals surface area (Å²) in [6.07, 6.45) is 0.397. The van der Waals surface area contributed by atoms with Gasteiger partial charge in [0.1, 0.15) is 17.0 Å². The lowest BCUT2D eigenvalue weighted by atomic mass is 9.53. The van der Waals surface area contributed by atoms with Crippen LogP contribution in [-0.2, 0) is 14.9 Å². The van der Waals surface area contributed by atoms with Gasteiger partial charge < -0.3 is 14.6 Å². The third-order valence-electron chi connectivity index (χ3n) is 4.54. The lowest BCUT2D eigenvalue weighted by Gasteiger charge is -2.53. The first-order valence-electron chi connectivity index (χ1n) is 6.94. The smallest absolute Gasteiger partial charge is 0.316 e. The number of carbonyl (C=O) groups excluding carboxylic acids is 1. The van der Waals surface area contributed by atoms with Gasteiger partial charge in [0.25, 0.3) is 0 Å². The van der Waals surface area contributed by atoms with Crippen LogP contribution in [0.15, 0.2) is 18.2 Å². The molecule has 116 valence electrons. The molecule has 4 nitrogen and oxygen atoms in total. The second-order valence-corrected chi connectivity index (χ2v) is 6.03. The Morgan fingerprint density at radius 3 is 2.43 bits per heavy atom. The summed E-state index contributed by atoms with van der Waals surface area (Å²) in [6.45, 7) is 3.79. The van der Waals surface area contributed by atoms with E-state index >= 15 is 0 Å². The Balaban J connectivity index is 2.50. The normalized spacial score (nSPS) is 28.1. The van der Waals surface area contributed by atoms with Gasteiger partial charge in [-0.1, -0.05) is 13.8 Å². The Morgan fingerprint density at radius 1 is 1.33 bits per heavy atom. The summed E-state index contributed by atoms with van der Waals surface area (Å²) in [6, 6.07) is 4.05. The maximum Gasteiger partial charge on any atom is 0.316 e. The van der Waals surface area contributed by atoms with Gasteiger partial charge in [0, 0.05) is 5.56 Å². The first-order chi connectivity index (χ1) is 9.79. The number of esters is 1. The van der Waals surface area contributed by atoms with E-state index in [0.29, 0.717) is 11.3 Å². The molecule has 0 atom stereocenters. The molecule has 0 saturated heterocycles. The van der Waals surface area contributed by atoms with Crippen molar-refractivity contribution in [2.24, 2.45) is 5.92 Å². The predicted molar refractivity (Wildman–Crippen MR) is 75.7 cm³/mol. The van der Waals surface area contributed by atoms with Crippen LogP contribution in [0.1, 0.15) is 32.3 Å². The molecule has 21 heavy (non-hydrogen) atoms. The van der Waals surface area contributed by atoms with E-state index in [2.05, 4.69) is 0 Å². The van der Waals surface area contributed by atoms with Gasteiger partial charge in [0.2, 0.25) is 0 Å². The molecule has 0 radical (unpaired) electrons. The highest BCUT2D eigenvalue weighted by molar-refractivity contribution is 5.86. The highest BCUT2D eigenvalue weighted by atomic mass is 19.1. The number of methoxy groups -OCH3 is 2. The summed E-state index contributed by atoms with van der Waals surface area (Å²) in [5.41, 5.74) is -1.57. The molecule has 2 rings (SSSR count). The van der Waals surface area contributed by atoms with Crippen LogP contribution in [-0.4, -0.2) is 30.9 Å². The molecule has 0 unspecified atom stereocenters. The molecule has 1 fully saturated rings. The minimum Gasteiger partial charge on any atom is -0.496 e. The van der Waals surface area contributed by atoms with E-state index in [9.17, 15) is 14.3 Å². The van der Waals surface area contributed by atoms with E-state index in [1.54, 1.807) is 0 Å². The van der Waals surface area contributed by atoms with Gasteiger partial charge in [0.05, 0.1) is 19.8 Å². The van der Waals surface area contributed by atoms with Crippen LogP contribution in [0.3, 0.4) is 0 Å². The zero-order valence-corrected chi connectivity index (χ0v) is 12.8. The predicted octanol–water partition coefficient (Wildman–Crippen LogP) is 2.43. The van der Waals surface area contributed by atoms with E-state index < -0.39 is 22.8 Å². The van der Waals surface area contributed by atoms with Crippen molar-refractivity contribution in [1.82, 2.24) is 0 Å². The van der Waals surface area contributed by atoms with Gasteiger partial charge >= 0.3 is 5.97 Å². The molecule has 0 heterocycles. The number of ether oxygens (including phenoxy) is 2. The van der Waals surface area contributed by atoms with Crippen molar-refractivity contribution in [3.05, 3.63) is 29.6 Å². The molecule has 0 spiro atoms. The Labute approximate surface area is 123 Å². The van der Waals surface area contributed by atoms with E-state index in [-0.39, 0.29) is 18.8 Å². The van der Waals surface area contributed by atoms with E-state index in [1.165, 1.54) is 32.4 Å². The number of rotatable bonds is 4. The molecule has 1 aliphatic rings. The largest absolute Gasteiger partial charge is 0.496 e. The van der Waals surface area contributed by atoms with E-state index in [1.807, 2.05) is 13.8 Å². The fourth-order valence-corrected chi connectivity index (χ4v) is 3.10. The summed E-state index contributed by atoms with van der Waals surface area (Å²) in [5, 5.41) is 10.5. The third-order valence-corrected chi connectivity index (χ3v) is 4.54. The summed E-state index contributed by atoms with van der Waals surface area (Å²) in [5.74, 6) is -0.506. The topological polar surface area (TPSA) is 55.8 Å². The summed E-state index contributed by atoms with van der Waals surface area (Å²) >= 11 is 0. The highest BCUT2D eigenvalue weighted by Crippen LogP contribution is 2.56. The second kappa shape index (κ2) is 5.30. The third kappa shape index (κ3) is 2.39. The van der Waals surface area contributed by atoms with Gasteiger partial charge in [-0.3, -0.25) is 4.79 Å². The number of carbonyl (C=O) groups is 1. The maximum absolute atomic E-state index is 13.6. The Morgan fingerprint density at radius 2 is 1.95 bits per heavy atom. The summed E-state index contributed by atoms with van der Waals surface area (Å²) in [4.78, 5) is 12.3. The van der Waals surface area contributed by atoms with E-state index in [0.717, 1.165) is 0 Å². The molecular formula is C16H21FO4. The second-order valence-electron chi connectivity index (χ2n) is 6.03. The van der Waals surface area contributed by atoms with Crippen LogP contribution < -0.4 is 4.74 Å². The van der Waals surface area contributed by atoms with Crippen molar-refractivity contribution in [2.45, 2.75) is 37.7 Å². The number of aliphatic hydroxyl groups is 1. The van der Waals surface area contributed by atoms with Gasteiger partial charge in [-0.2, -0.15) is 0 Å². The van der Waals surface area contributed by atoms with Gasteiger partial charge in [-0.05, 0) is 37.0 Å². The van der Waals surface area contributed by atoms with Crippen molar-refractivity contribution in [3.63, 3.8) is 0 Å². The molecule has 1 aromatic rings. The minimum absolute atomic E-state index is 0.00478. The summed E-state index contributed by atoms with van der Waals surface area (Å²) in [7, 11) is 2.76. The number of halogens is 1. The monoisotopic (exact) mass is 296 g/mol. The molecule has 5 heteroatoms. The molecule has 1 aromatic carbocycles. The quantitative estimate of drug-likeness (QED) is 0.867. The Hall–Kier alpha value is -1.62. The first kappa shape index (κ1) is 15.8. The Kier molecular flexibility index (Phi) is 3.97. The van der Waals surface area contributed by atoms with Crippen LogP contribution >= 0.6 is 0 Å². The van der Waals surface area contributed by atoms with Crippen molar-refractivity contribution in [1.29, 1.82) is 0 Å². The number of benzene rings is 1. The lowest BCUT2D eigenvalue weighted by molar-refractivity contribution is -0.175. The minimum atomic E-state index is -1.05.